The minimum absolute atomic E-state index is 0.0134. The number of hydrogen-bond donors (Lipinski definition) is 2. The third-order valence-corrected chi connectivity index (χ3v) is 3.58. The molecule has 1 amide bonds. The van der Waals surface area contributed by atoms with Gasteiger partial charge in [0.1, 0.15) is 0 Å². The molecule has 0 radical (unpaired) electrons. The minimum atomic E-state index is -0.809. The topological polar surface area (TPSA) is 66.4 Å². The van der Waals surface area contributed by atoms with Crippen molar-refractivity contribution in [1.29, 1.82) is 0 Å². The molecule has 2 rings (SSSR count). The van der Waals surface area contributed by atoms with Gasteiger partial charge in [0.15, 0.2) is 0 Å². The van der Waals surface area contributed by atoms with Crippen molar-refractivity contribution in [3.63, 3.8) is 0 Å². The summed E-state index contributed by atoms with van der Waals surface area (Å²) in [5.74, 6) is -0.878. The molecule has 1 heterocycles. The number of nitrogens with one attached hydrogen (secondary N) is 1. The summed E-state index contributed by atoms with van der Waals surface area (Å²) in [6.45, 7) is 5.63. The van der Waals surface area contributed by atoms with Crippen LogP contribution in [0.4, 0.5) is 5.69 Å². The SMILES string of the molecule is CC(CC(=O)O)c1ccc2c(c1)C(C)(C)C(=O)N2. The molecular formula is C14H17NO3. The molecule has 1 atom stereocenters. The number of carbonyl (C=O) groups is 2. The van der Waals surface area contributed by atoms with E-state index < -0.39 is 11.4 Å². The molecule has 0 saturated heterocycles. The predicted molar refractivity (Wildman–Crippen MR) is 68.8 cm³/mol. The zero-order valence-corrected chi connectivity index (χ0v) is 10.8. The van der Waals surface area contributed by atoms with E-state index in [0.717, 1.165) is 16.8 Å². The Morgan fingerprint density at radius 2 is 2.11 bits per heavy atom. The fourth-order valence-electron chi connectivity index (χ4n) is 2.28. The smallest absolute Gasteiger partial charge is 0.303 e. The van der Waals surface area contributed by atoms with Gasteiger partial charge >= 0.3 is 5.97 Å². The molecule has 1 unspecified atom stereocenters. The lowest BCUT2D eigenvalue weighted by molar-refractivity contribution is -0.137. The van der Waals surface area contributed by atoms with Crippen LogP contribution in [0.1, 0.15) is 44.2 Å². The normalized spacial score (nSPS) is 18.1. The zero-order chi connectivity index (χ0) is 13.5. The summed E-state index contributed by atoms with van der Waals surface area (Å²) in [5, 5.41) is 11.7. The Bertz CT molecular complexity index is 520. The van der Waals surface area contributed by atoms with Crippen LogP contribution in [0.5, 0.6) is 0 Å². The maximum Gasteiger partial charge on any atom is 0.303 e. The summed E-state index contributed by atoms with van der Waals surface area (Å²) in [5.41, 5.74) is 2.19. The Labute approximate surface area is 106 Å². The van der Waals surface area contributed by atoms with E-state index in [4.69, 9.17) is 5.11 Å². The van der Waals surface area contributed by atoms with Gasteiger partial charge in [-0.1, -0.05) is 19.1 Å². The summed E-state index contributed by atoms with van der Waals surface area (Å²) < 4.78 is 0. The highest BCUT2D eigenvalue weighted by atomic mass is 16.4. The number of carboxylic acid groups (broad SMARTS) is 1. The van der Waals surface area contributed by atoms with Crippen LogP contribution in [-0.4, -0.2) is 17.0 Å². The van der Waals surface area contributed by atoms with E-state index in [9.17, 15) is 9.59 Å². The van der Waals surface area contributed by atoms with Gasteiger partial charge in [-0.2, -0.15) is 0 Å². The molecule has 0 aliphatic carbocycles. The monoisotopic (exact) mass is 247 g/mol. The quantitative estimate of drug-likeness (QED) is 0.862. The van der Waals surface area contributed by atoms with Crippen LogP contribution in [0.25, 0.3) is 0 Å². The van der Waals surface area contributed by atoms with E-state index in [0.29, 0.717) is 0 Å². The van der Waals surface area contributed by atoms with Crippen molar-refractivity contribution >= 4 is 17.6 Å². The highest BCUT2D eigenvalue weighted by Crippen LogP contribution is 2.39. The second-order valence-corrected chi connectivity index (χ2v) is 5.38. The molecule has 1 aliphatic heterocycles. The highest BCUT2D eigenvalue weighted by Gasteiger charge is 2.38. The second-order valence-electron chi connectivity index (χ2n) is 5.38. The number of carbonyl (C=O) groups excluding carboxylic acids is 1. The van der Waals surface area contributed by atoms with Crippen molar-refractivity contribution in [2.24, 2.45) is 0 Å². The van der Waals surface area contributed by atoms with Crippen LogP contribution >= 0.6 is 0 Å². The van der Waals surface area contributed by atoms with Crippen LogP contribution in [0, 0.1) is 0 Å². The van der Waals surface area contributed by atoms with Gasteiger partial charge in [0.2, 0.25) is 5.91 Å². The summed E-state index contributed by atoms with van der Waals surface area (Å²) in [7, 11) is 0. The van der Waals surface area contributed by atoms with Crippen molar-refractivity contribution in [3.05, 3.63) is 29.3 Å². The van der Waals surface area contributed by atoms with Crippen LogP contribution in [0.15, 0.2) is 18.2 Å². The van der Waals surface area contributed by atoms with Gasteiger partial charge in [-0.3, -0.25) is 9.59 Å². The number of hydrogen-bond acceptors (Lipinski definition) is 2. The molecule has 1 aliphatic rings. The van der Waals surface area contributed by atoms with Crippen molar-refractivity contribution < 1.29 is 14.7 Å². The molecule has 1 aromatic rings. The number of benzene rings is 1. The molecule has 0 spiro atoms. The number of carboxylic acids is 1. The van der Waals surface area contributed by atoms with Crippen molar-refractivity contribution in [1.82, 2.24) is 0 Å². The lowest BCUT2D eigenvalue weighted by atomic mass is 9.84. The summed E-state index contributed by atoms with van der Waals surface area (Å²) >= 11 is 0. The van der Waals surface area contributed by atoms with E-state index in [1.165, 1.54) is 0 Å². The molecule has 96 valence electrons. The Morgan fingerprint density at radius 3 is 2.72 bits per heavy atom. The van der Waals surface area contributed by atoms with E-state index in [-0.39, 0.29) is 18.2 Å². The van der Waals surface area contributed by atoms with Gasteiger partial charge in [0.05, 0.1) is 11.8 Å². The average Bonchev–Trinajstić information content (AvgIpc) is 2.49. The lowest BCUT2D eigenvalue weighted by Crippen LogP contribution is -2.26. The fourth-order valence-corrected chi connectivity index (χ4v) is 2.28. The molecule has 1 aromatic carbocycles. The van der Waals surface area contributed by atoms with Gasteiger partial charge in [-0.05, 0) is 37.0 Å². The van der Waals surface area contributed by atoms with Crippen molar-refractivity contribution in [2.75, 3.05) is 5.32 Å². The first-order chi connectivity index (χ1) is 8.32. The van der Waals surface area contributed by atoms with E-state index in [1.807, 2.05) is 39.0 Å². The second kappa shape index (κ2) is 4.12. The first-order valence-electron chi connectivity index (χ1n) is 6.00. The molecule has 0 saturated carbocycles. The average molecular weight is 247 g/mol. The van der Waals surface area contributed by atoms with Gasteiger partial charge in [0, 0.05) is 5.69 Å². The maximum atomic E-state index is 11.8. The molecule has 0 bridgehead atoms. The largest absolute Gasteiger partial charge is 0.481 e. The fraction of sp³-hybridized carbons (Fsp3) is 0.429. The third kappa shape index (κ3) is 1.98. The standard InChI is InChI=1S/C14H17NO3/c1-8(6-12(16)17)9-4-5-11-10(7-9)14(2,3)13(18)15-11/h4-5,7-8H,6H2,1-3H3,(H,15,18)(H,16,17). The number of anilines is 1. The molecule has 2 N–H and O–H groups in total. The van der Waals surface area contributed by atoms with Gasteiger partial charge in [-0.25, -0.2) is 0 Å². The van der Waals surface area contributed by atoms with Crippen molar-refractivity contribution in [2.45, 2.75) is 38.5 Å². The Kier molecular flexibility index (Phi) is 2.89. The van der Waals surface area contributed by atoms with Gasteiger partial charge < -0.3 is 10.4 Å². The van der Waals surface area contributed by atoms with E-state index in [2.05, 4.69) is 5.32 Å². The summed E-state index contributed by atoms with van der Waals surface area (Å²) in [6, 6.07) is 5.69. The predicted octanol–water partition coefficient (Wildman–Crippen LogP) is 2.49. The molecular weight excluding hydrogens is 230 g/mol. The van der Waals surface area contributed by atoms with Crippen LogP contribution in [0.2, 0.25) is 0 Å². The number of aliphatic carboxylic acids is 1. The Morgan fingerprint density at radius 1 is 1.44 bits per heavy atom. The summed E-state index contributed by atoms with van der Waals surface area (Å²) in [4.78, 5) is 22.5. The first-order valence-corrected chi connectivity index (χ1v) is 6.00. The van der Waals surface area contributed by atoms with Crippen LogP contribution < -0.4 is 5.32 Å². The van der Waals surface area contributed by atoms with Gasteiger partial charge in [-0.15, -0.1) is 0 Å². The zero-order valence-electron chi connectivity index (χ0n) is 10.8. The lowest BCUT2D eigenvalue weighted by Gasteiger charge is -2.17. The van der Waals surface area contributed by atoms with E-state index >= 15 is 0 Å². The molecule has 18 heavy (non-hydrogen) atoms. The van der Waals surface area contributed by atoms with Crippen LogP contribution in [-0.2, 0) is 15.0 Å². The molecule has 4 heteroatoms. The maximum absolute atomic E-state index is 11.8. The third-order valence-electron chi connectivity index (χ3n) is 3.58. The summed E-state index contributed by atoms with van der Waals surface area (Å²) in [6.07, 6.45) is 0.0978. The highest BCUT2D eigenvalue weighted by molar-refractivity contribution is 6.05. The van der Waals surface area contributed by atoms with Crippen LogP contribution in [0.3, 0.4) is 0 Å². The molecule has 0 aromatic heterocycles. The Balaban J connectivity index is 2.37. The first kappa shape index (κ1) is 12.6. The minimum Gasteiger partial charge on any atom is -0.481 e. The van der Waals surface area contributed by atoms with E-state index in [1.54, 1.807) is 0 Å². The number of amides is 1. The molecule has 4 nitrogen and oxygen atoms in total. The van der Waals surface area contributed by atoms with Crippen molar-refractivity contribution in [3.8, 4) is 0 Å². The number of rotatable bonds is 3. The Hall–Kier alpha value is -1.84. The van der Waals surface area contributed by atoms with Gasteiger partial charge in [0.25, 0.3) is 0 Å². The molecule has 0 fully saturated rings. The number of fused-ring (bicyclic) bond motifs is 1.